The lowest BCUT2D eigenvalue weighted by atomic mass is 9.76. The number of rotatable bonds is 6. The number of nitrogens with two attached hydrogens (primary N) is 1. The topological polar surface area (TPSA) is 26.0 Å². The molecule has 1 saturated carbocycles. The van der Waals surface area contributed by atoms with Gasteiger partial charge in [0.15, 0.2) is 0 Å². The maximum absolute atomic E-state index is 12.9. The van der Waals surface area contributed by atoms with Crippen molar-refractivity contribution in [3.8, 4) is 0 Å². The lowest BCUT2D eigenvalue weighted by Gasteiger charge is -2.32. The highest BCUT2D eigenvalue weighted by Crippen LogP contribution is 2.33. The van der Waals surface area contributed by atoms with Crippen molar-refractivity contribution >= 4 is 0 Å². The molecule has 2 rings (SSSR count). The third kappa shape index (κ3) is 4.59. The van der Waals surface area contributed by atoms with Crippen LogP contribution in [-0.4, -0.2) is 6.04 Å². The van der Waals surface area contributed by atoms with Gasteiger partial charge < -0.3 is 5.73 Å². The van der Waals surface area contributed by atoms with E-state index in [0.29, 0.717) is 5.92 Å². The van der Waals surface area contributed by atoms with Gasteiger partial charge >= 0.3 is 0 Å². The van der Waals surface area contributed by atoms with Gasteiger partial charge in [0.1, 0.15) is 5.82 Å². The summed E-state index contributed by atoms with van der Waals surface area (Å²) < 4.78 is 12.9. The summed E-state index contributed by atoms with van der Waals surface area (Å²) in [7, 11) is 0. The summed E-state index contributed by atoms with van der Waals surface area (Å²) in [6.45, 7) is 2.27. The molecule has 0 bridgehead atoms. The molecule has 1 aliphatic rings. The fourth-order valence-corrected chi connectivity index (χ4v) is 3.46. The number of unbranched alkanes of at least 4 members (excludes halogenated alkanes) is 1. The normalized spacial score (nSPS) is 24.6. The van der Waals surface area contributed by atoms with Crippen LogP contribution in [0.2, 0.25) is 0 Å². The van der Waals surface area contributed by atoms with Crippen molar-refractivity contribution in [3.63, 3.8) is 0 Å². The van der Waals surface area contributed by atoms with Crippen LogP contribution in [0.3, 0.4) is 0 Å². The van der Waals surface area contributed by atoms with Crippen molar-refractivity contribution in [2.24, 2.45) is 17.6 Å². The average molecular weight is 277 g/mol. The Bertz CT molecular complexity index is 379. The number of benzene rings is 1. The molecule has 2 heteroatoms. The van der Waals surface area contributed by atoms with Crippen LogP contribution in [0, 0.1) is 17.7 Å². The van der Waals surface area contributed by atoms with Crippen LogP contribution >= 0.6 is 0 Å². The fourth-order valence-electron chi connectivity index (χ4n) is 3.46. The molecular weight excluding hydrogens is 249 g/mol. The molecule has 0 heterocycles. The molecule has 1 atom stereocenters. The van der Waals surface area contributed by atoms with E-state index in [0.717, 1.165) is 17.9 Å². The maximum atomic E-state index is 12.9. The first-order valence-corrected chi connectivity index (χ1v) is 8.19. The van der Waals surface area contributed by atoms with Crippen molar-refractivity contribution in [1.29, 1.82) is 0 Å². The van der Waals surface area contributed by atoms with Crippen molar-refractivity contribution < 1.29 is 4.39 Å². The van der Waals surface area contributed by atoms with Crippen molar-refractivity contribution in [1.82, 2.24) is 0 Å². The molecule has 0 radical (unpaired) electrons. The molecule has 1 aromatic carbocycles. The van der Waals surface area contributed by atoms with Gasteiger partial charge in [-0.3, -0.25) is 0 Å². The summed E-state index contributed by atoms with van der Waals surface area (Å²) >= 11 is 0. The summed E-state index contributed by atoms with van der Waals surface area (Å²) in [5.41, 5.74) is 7.53. The Morgan fingerprint density at radius 1 is 1.15 bits per heavy atom. The predicted octanol–water partition coefficient (Wildman–Crippen LogP) is 4.69. The minimum absolute atomic E-state index is 0.168. The van der Waals surface area contributed by atoms with Gasteiger partial charge in [-0.1, -0.05) is 51.2 Å². The first-order valence-electron chi connectivity index (χ1n) is 8.19. The van der Waals surface area contributed by atoms with Crippen LogP contribution in [0.1, 0.15) is 57.4 Å². The van der Waals surface area contributed by atoms with E-state index in [9.17, 15) is 4.39 Å². The molecule has 112 valence electrons. The Morgan fingerprint density at radius 3 is 2.40 bits per heavy atom. The van der Waals surface area contributed by atoms with Gasteiger partial charge in [0.25, 0.3) is 0 Å². The average Bonchev–Trinajstić information content (AvgIpc) is 2.48. The summed E-state index contributed by atoms with van der Waals surface area (Å²) in [5.74, 6) is 1.42. The second-order valence-corrected chi connectivity index (χ2v) is 6.42. The molecule has 0 aromatic heterocycles. The highest BCUT2D eigenvalue weighted by atomic mass is 19.1. The molecule has 0 amide bonds. The van der Waals surface area contributed by atoms with Gasteiger partial charge in [0.2, 0.25) is 0 Å². The van der Waals surface area contributed by atoms with E-state index in [1.807, 2.05) is 12.1 Å². The molecule has 2 N–H and O–H groups in total. The molecule has 1 unspecified atom stereocenters. The molecular formula is C18H28FN. The largest absolute Gasteiger partial charge is 0.327 e. The first kappa shape index (κ1) is 15.5. The van der Waals surface area contributed by atoms with E-state index < -0.39 is 0 Å². The summed E-state index contributed by atoms with van der Waals surface area (Å²) in [6, 6.07) is 7.02. The van der Waals surface area contributed by atoms with Crippen LogP contribution in [0.15, 0.2) is 24.3 Å². The number of hydrogen-bond acceptors (Lipinski definition) is 1. The summed E-state index contributed by atoms with van der Waals surface area (Å²) in [6.07, 6.45) is 10.2. The van der Waals surface area contributed by atoms with E-state index in [1.165, 1.54) is 57.1 Å². The maximum Gasteiger partial charge on any atom is 0.123 e. The lowest BCUT2D eigenvalue weighted by Crippen LogP contribution is -2.34. The quantitative estimate of drug-likeness (QED) is 0.802. The molecule has 0 spiro atoms. The number of hydrogen-bond donors (Lipinski definition) is 1. The molecule has 1 aliphatic carbocycles. The molecule has 0 saturated heterocycles. The summed E-state index contributed by atoms with van der Waals surface area (Å²) in [4.78, 5) is 0. The van der Waals surface area contributed by atoms with Gasteiger partial charge in [0.05, 0.1) is 0 Å². The van der Waals surface area contributed by atoms with E-state index >= 15 is 0 Å². The predicted molar refractivity (Wildman–Crippen MR) is 83.1 cm³/mol. The van der Waals surface area contributed by atoms with E-state index in [4.69, 9.17) is 5.73 Å². The lowest BCUT2D eigenvalue weighted by molar-refractivity contribution is 0.231. The monoisotopic (exact) mass is 277 g/mol. The van der Waals surface area contributed by atoms with Crippen molar-refractivity contribution in [2.75, 3.05) is 0 Å². The van der Waals surface area contributed by atoms with Crippen molar-refractivity contribution in [3.05, 3.63) is 35.6 Å². The highest BCUT2D eigenvalue weighted by Gasteiger charge is 2.25. The minimum Gasteiger partial charge on any atom is -0.327 e. The van der Waals surface area contributed by atoms with Gasteiger partial charge in [-0.2, -0.15) is 0 Å². The van der Waals surface area contributed by atoms with Gasteiger partial charge in [-0.15, -0.1) is 0 Å². The Labute approximate surface area is 122 Å². The molecule has 20 heavy (non-hydrogen) atoms. The number of halogens is 1. The van der Waals surface area contributed by atoms with Gasteiger partial charge in [-0.25, -0.2) is 4.39 Å². The van der Waals surface area contributed by atoms with Gasteiger partial charge in [0, 0.05) is 6.04 Å². The molecule has 0 aliphatic heterocycles. The zero-order valence-corrected chi connectivity index (χ0v) is 12.7. The smallest absolute Gasteiger partial charge is 0.123 e. The SMILES string of the molecule is CCCCC1CCC(C(N)Cc2ccc(F)cc2)CC1. The Kier molecular flexibility index (Phi) is 6.03. The highest BCUT2D eigenvalue weighted by molar-refractivity contribution is 5.17. The van der Waals surface area contributed by atoms with Crippen LogP contribution in [0.25, 0.3) is 0 Å². The van der Waals surface area contributed by atoms with Crippen LogP contribution in [0.5, 0.6) is 0 Å². The van der Waals surface area contributed by atoms with E-state index in [2.05, 4.69) is 6.92 Å². The van der Waals surface area contributed by atoms with Gasteiger partial charge in [-0.05, 0) is 48.8 Å². The third-order valence-corrected chi connectivity index (χ3v) is 4.85. The molecule has 1 fully saturated rings. The zero-order valence-electron chi connectivity index (χ0n) is 12.7. The molecule has 1 aromatic rings. The second-order valence-electron chi connectivity index (χ2n) is 6.42. The van der Waals surface area contributed by atoms with E-state index in [-0.39, 0.29) is 11.9 Å². The summed E-state index contributed by atoms with van der Waals surface area (Å²) in [5, 5.41) is 0. The Hall–Kier alpha value is -0.890. The standard InChI is InChI=1S/C18H28FN/c1-2-3-4-14-5-9-16(10-6-14)18(20)13-15-7-11-17(19)12-8-15/h7-8,11-12,14,16,18H,2-6,9-10,13,20H2,1H3. The second kappa shape index (κ2) is 7.78. The molecule has 1 nitrogen and oxygen atoms in total. The van der Waals surface area contributed by atoms with Crippen molar-refractivity contribution in [2.45, 2.75) is 64.3 Å². The fraction of sp³-hybridized carbons (Fsp3) is 0.667. The Balaban J connectivity index is 1.76. The third-order valence-electron chi connectivity index (χ3n) is 4.85. The van der Waals surface area contributed by atoms with Crippen LogP contribution in [0.4, 0.5) is 4.39 Å². The van der Waals surface area contributed by atoms with Crippen LogP contribution < -0.4 is 5.73 Å². The van der Waals surface area contributed by atoms with E-state index in [1.54, 1.807) is 0 Å². The minimum atomic E-state index is -0.168. The Morgan fingerprint density at radius 2 is 1.80 bits per heavy atom. The zero-order chi connectivity index (χ0) is 14.4. The first-order chi connectivity index (χ1) is 9.69. The van der Waals surface area contributed by atoms with Crippen LogP contribution in [-0.2, 0) is 6.42 Å².